The van der Waals surface area contributed by atoms with Gasteiger partial charge in [0.2, 0.25) is 5.91 Å². The van der Waals surface area contributed by atoms with Crippen LogP contribution < -0.4 is 5.32 Å². The van der Waals surface area contributed by atoms with E-state index in [-0.39, 0.29) is 18.5 Å². The van der Waals surface area contributed by atoms with Crippen molar-refractivity contribution >= 4 is 29.3 Å². The zero-order chi connectivity index (χ0) is 30.8. The molecule has 10 heteroatoms. The first kappa shape index (κ1) is 29.8. The fourth-order valence-corrected chi connectivity index (χ4v) is 6.31. The van der Waals surface area contributed by atoms with Gasteiger partial charge >= 0.3 is 6.09 Å². The lowest BCUT2D eigenvalue weighted by atomic mass is 9.94. The Balaban J connectivity index is 1.35. The van der Waals surface area contributed by atoms with Crippen LogP contribution in [0.5, 0.6) is 0 Å². The number of amides is 2. The van der Waals surface area contributed by atoms with Crippen LogP contribution >= 0.6 is 11.6 Å². The number of carbonyl (C=O) groups excluding carboxylic acids is 2. The smallest absolute Gasteiger partial charge is 0.410 e. The maximum absolute atomic E-state index is 14.3. The van der Waals surface area contributed by atoms with Gasteiger partial charge in [-0.1, -0.05) is 35.9 Å². The van der Waals surface area contributed by atoms with Crippen LogP contribution in [0.3, 0.4) is 0 Å². The van der Waals surface area contributed by atoms with Crippen molar-refractivity contribution in [2.45, 2.75) is 57.8 Å². The Bertz CT molecular complexity index is 1650. The van der Waals surface area contributed by atoms with Gasteiger partial charge in [-0.3, -0.25) is 14.7 Å². The second-order valence-electron chi connectivity index (χ2n) is 12.4. The summed E-state index contributed by atoms with van der Waals surface area (Å²) in [5.74, 6) is -0.199. The number of rotatable bonds is 5. The fourth-order valence-electron chi connectivity index (χ4n) is 6.11. The van der Waals surface area contributed by atoms with Gasteiger partial charge in [0.1, 0.15) is 11.6 Å². The average Bonchev–Trinajstić information content (AvgIpc) is 3.44. The SMILES string of the molecule is CC(C)(C)OC(=O)N1CCN(C2c3ccc(Cl)cc3CCc3cccnc32)C(C(=O)Nc2cccc(Cn3ccnc3)c2)C1. The van der Waals surface area contributed by atoms with Gasteiger partial charge in [-0.15, -0.1) is 0 Å². The lowest BCUT2D eigenvalue weighted by Crippen LogP contribution is -2.60. The summed E-state index contributed by atoms with van der Waals surface area (Å²) in [6, 6.07) is 16.9. The average molecular weight is 613 g/mol. The first-order valence-corrected chi connectivity index (χ1v) is 15.3. The number of benzene rings is 2. The number of nitrogens with zero attached hydrogens (tertiary/aromatic N) is 5. The maximum atomic E-state index is 14.3. The molecule has 1 fully saturated rings. The normalized spacial score (nSPS) is 18.6. The summed E-state index contributed by atoms with van der Waals surface area (Å²) in [6.07, 6.45) is 8.44. The molecule has 2 aromatic carbocycles. The van der Waals surface area contributed by atoms with Gasteiger partial charge in [-0.2, -0.15) is 0 Å². The Morgan fingerprint density at radius 3 is 2.66 bits per heavy atom. The molecule has 0 spiro atoms. The molecular formula is C34H37ClN6O3. The minimum absolute atomic E-state index is 0.178. The van der Waals surface area contributed by atoms with Crippen molar-refractivity contribution in [1.29, 1.82) is 0 Å². The summed E-state index contributed by atoms with van der Waals surface area (Å²) in [4.78, 5) is 40.3. The van der Waals surface area contributed by atoms with Crippen molar-refractivity contribution in [2.75, 3.05) is 25.0 Å². The molecule has 1 aliphatic carbocycles. The van der Waals surface area contributed by atoms with Crippen LogP contribution in [0.4, 0.5) is 10.5 Å². The van der Waals surface area contributed by atoms with Gasteiger partial charge in [0.15, 0.2) is 0 Å². The second-order valence-corrected chi connectivity index (χ2v) is 12.8. The molecule has 3 heterocycles. The number of ether oxygens (including phenoxy) is 1. The molecule has 0 radical (unpaired) electrons. The highest BCUT2D eigenvalue weighted by molar-refractivity contribution is 6.30. The van der Waals surface area contributed by atoms with E-state index < -0.39 is 17.7 Å². The molecule has 2 atom stereocenters. The molecule has 0 bridgehead atoms. The number of fused-ring (bicyclic) bond motifs is 2. The van der Waals surface area contributed by atoms with Crippen LogP contribution in [0.15, 0.2) is 79.5 Å². The standard InChI is InChI=1S/C34H37ClN6O3/c1-34(2,3)44-33(43)40-16-17-41(31-28-12-11-26(35)19-25(28)10-9-24-7-5-13-37-30(24)31)29(21-40)32(42)38-27-8-4-6-23(18-27)20-39-15-14-36-22-39/h4-8,11-15,18-19,22,29,31H,9-10,16-17,20-21H2,1-3H3,(H,38,42). The van der Waals surface area contributed by atoms with Crippen LogP contribution in [0.2, 0.25) is 5.02 Å². The molecule has 1 aliphatic heterocycles. The molecule has 1 N–H and O–H groups in total. The predicted octanol–water partition coefficient (Wildman–Crippen LogP) is 5.73. The first-order chi connectivity index (χ1) is 21.1. The van der Waals surface area contributed by atoms with Crippen LogP contribution in [0.25, 0.3) is 0 Å². The number of piperazine rings is 1. The van der Waals surface area contributed by atoms with Crippen molar-refractivity contribution in [3.63, 3.8) is 0 Å². The monoisotopic (exact) mass is 612 g/mol. The quantitative estimate of drug-likeness (QED) is 0.310. The van der Waals surface area contributed by atoms with E-state index in [1.54, 1.807) is 17.4 Å². The van der Waals surface area contributed by atoms with E-state index in [1.165, 1.54) is 0 Å². The van der Waals surface area contributed by atoms with Crippen molar-refractivity contribution in [3.05, 3.63) is 112 Å². The van der Waals surface area contributed by atoms with Crippen LogP contribution in [-0.4, -0.2) is 67.6 Å². The Morgan fingerprint density at radius 1 is 1.02 bits per heavy atom. The molecule has 2 unspecified atom stereocenters. The number of pyridine rings is 1. The second kappa shape index (κ2) is 12.4. The number of halogens is 1. The zero-order valence-corrected chi connectivity index (χ0v) is 26.0. The van der Waals surface area contributed by atoms with Crippen molar-refractivity contribution in [2.24, 2.45) is 0 Å². The molecule has 2 amide bonds. The summed E-state index contributed by atoms with van der Waals surface area (Å²) < 4.78 is 7.69. The minimum atomic E-state index is -0.671. The first-order valence-electron chi connectivity index (χ1n) is 15.0. The lowest BCUT2D eigenvalue weighted by molar-refractivity contribution is -0.124. The number of aromatic nitrogens is 3. The fraction of sp³-hybridized carbons (Fsp3) is 0.353. The third-order valence-corrected chi connectivity index (χ3v) is 8.31. The van der Waals surface area contributed by atoms with Crippen molar-refractivity contribution in [1.82, 2.24) is 24.3 Å². The molecule has 4 aromatic rings. The summed E-state index contributed by atoms with van der Waals surface area (Å²) in [5, 5.41) is 3.84. The number of hydrogen-bond acceptors (Lipinski definition) is 6. The highest BCUT2D eigenvalue weighted by Gasteiger charge is 2.42. The maximum Gasteiger partial charge on any atom is 0.410 e. The molecule has 2 aromatic heterocycles. The molecule has 44 heavy (non-hydrogen) atoms. The lowest BCUT2D eigenvalue weighted by Gasteiger charge is -2.44. The van der Waals surface area contributed by atoms with E-state index in [4.69, 9.17) is 21.3 Å². The van der Waals surface area contributed by atoms with E-state index in [0.29, 0.717) is 30.3 Å². The predicted molar refractivity (Wildman–Crippen MR) is 170 cm³/mol. The molecule has 9 nitrogen and oxygen atoms in total. The van der Waals surface area contributed by atoms with Gasteiger partial charge in [-0.05, 0) is 86.2 Å². The summed E-state index contributed by atoms with van der Waals surface area (Å²) >= 11 is 6.45. The number of imidazole rings is 1. The summed E-state index contributed by atoms with van der Waals surface area (Å²) in [5.41, 5.74) is 5.37. The number of aryl methyl sites for hydroxylation is 2. The van der Waals surface area contributed by atoms with Gasteiger partial charge in [0.05, 0.1) is 18.1 Å². The number of anilines is 1. The minimum Gasteiger partial charge on any atom is -0.444 e. The summed E-state index contributed by atoms with van der Waals surface area (Å²) in [7, 11) is 0. The molecule has 0 saturated carbocycles. The van der Waals surface area contributed by atoms with Crippen molar-refractivity contribution in [3.8, 4) is 0 Å². The topological polar surface area (TPSA) is 92.6 Å². The third-order valence-electron chi connectivity index (χ3n) is 8.08. The van der Waals surface area contributed by atoms with E-state index in [2.05, 4.69) is 27.3 Å². The molecular weight excluding hydrogens is 576 g/mol. The van der Waals surface area contributed by atoms with Crippen LogP contribution in [0, 0.1) is 0 Å². The van der Waals surface area contributed by atoms with Crippen LogP contribution in [-0.2, 0) is 28.9 Å². The Hall–Kier alpha value is -4.21. The highest BCUT2D eigenvalue weighted by Crippen LogP contribution is 2.39. The van der Waals surface area contributed by atoms with E-state index in [0.717, 1.165) is 40.8 Å². The molecule has 2 aliphatic rings. The van der Waals surface area contributed by atoms with E-state index in [1.807, 2.05) is 80.2 Å². The number of hydrogen-bond donors (Lipinski definition) is 1. The van der Waals surface area contributed by atoms with E-state index in [9.17, 15) is 9.59 Å². The Labute approximate surface area is 262 Å². The summed E-state index contributed by atoms with van der Waals surface area (Å²) in [6.45, 7) is 7.23. The number of carbonyl (C=O) groups is 2. The largest absolute Gasteiger partial charge is 0.444 e. The Morgan fingerprint density at radius 2 is 1.86 bits per heavy atom. The van der Waals surface area contributed by atoms with E-state index >= 15 is 0 Å². The van der Waals surface area contributed by atoms with Crippen LogP contribution in [0.1, 0.15) is 54.8 Å². The molecule has 6 rings (SSSR count). The highest BCUT2D eigenvalue weighted by atomic mass is 35.5. The third kappa shape index (κ3) is 6.64. The number of nitrogens with one attached hydrogen (secondary N) is 1. The molecule has 228 valence electrons. The molecule has 1 saturated heterocycles. The Kier molecular flexibility index (Phi) is 8.42. The van der Waals surface area contributed by atoms with Gasteiger partial charge < -0.3 is 19.5 Å². The zero-order valence-electron chi connectivity index (χ0n) is 25.2. The van der Waals surface area contributed by atoms with Gasteiger partial charge in [0.25, 0.3) is 0 Å². The van der Waals surface area contributed by atoms with Gasteiger partial charge in [-0.25, -0.2) is 9.78 Å². The van der Waals surface area contributed by atoms with Crippen molar-refractivity contribution < 1.29 is 14.3 Å². The van der Waals surface area contributed by atoms with Gasteiger partial charge in [0, 0.05) is 55.5 Å².